The Morgan fingerprint density at radius 3 is 1.76 bits per heavy atom. The number of hydrogen-bond acceptors (Lipinski definition) is 2. The molecule has 0 unspecified atom stereocenters. The quantitative estimate of drug-likeness (QED) is 0.128. The molecule has 0 spiro atoms. The molecule has 34 heavy (non-hydrogen) atoms. The maximum atomic E-state index is 13.0. The Morgan fingerprint density at radius 1 is 0.824 bits per heavy atom. The van der Waals surface area contributed by atoms with Crippen molar-refractivity contribution in [2.45, 2.75) is 124 Å². The minimum absolute atomic E-state index is 0.140. The van der Waals surface area contributed by atoms with E-state index in [9.17, 15) is 4.79 Å². The summed E-state index contributed by atoms with van der Waals surface area (Å²) in [6.45, 7) is 6.20. The third kappa shape index (κ3) is 12.2. The zero-order valence-corrected chi connectivity index (χ0v) is 22.0. The van der Waals surface area contributed by atoms with Crippen molar-refractivity contribution in [1.29, 1.82) is 5.41 Å². The molecule has 0 saturated heterocycles. The number of rotatable bonds is 17. The SMILES string of the molecule is CCCCCCCCCCCCCCCCCC(=O)N(C(=N)N=C(N)N)c1cccc(C)c1C. The van der Waals surface area contributed by atoms with E-state index in [4.69, 9.17) is 16.9 Å². The number of guanidine groups is 2. The molecule has 192 valence electrons. The summed E-state index contributed by atoms with van der Waals surface area (Å²) >= 11 is 0. The van der Waals surface area contributed by atoms with Gasteiger partial charge in [0.2, 0.25) is 11.9 Å². The summed E-state index contributed by atoms with van der Waals surface area (Å²) in [5.74, 6) is -0.599. The second-order valence-corrected chi connectivity index (χ2v) is 9.51. The molecule has 6 nitrogen and oxygen atoms in total. The number of carbonyl (C=O) groups is 1. The van der Waals surface area contributed by atoms with Crippen LogP contribution in [0.4, 0.5) is 5.69 Å². The van der Waals surface area contributed by atoms with Gasteiger partial charge in [0.25, 0.3) is 0 Å². The maximum Gasteiger partial charge on any atom is 0.233 e. The molecule has 1 amide bonds. The van der Waals surface area contributed by atoms with Gasteiger partial charge in [-0.15, -0.1) is 0 Å². The van der Waals surface area contributed by atoms with E-state index < -0.39 is 0 Å². The first kappa shape index (κ1) is 29.7. The summed E-state index contributed by atoms with van der Waals surface area (Å²) in [4.78, 5) is 18.2. The molecule has 1 rings (SSSR count). The lowest BCUT2D eigenvalue weighted by Gasteiger charge is -2.23. The van der Waals surface area contributed by atoms with Crippen LogP contribution in [0.25, 0.3) is 0 Å². The van der Waals surface area contributed by atoms with Crippen LogP contribution >= 0.6 is 0 Å². The van der Waals surface area contributed by atoms with Crippen molar-refractivity contribution in [3.63, 3.8) is 0 Å². The number of aryl methyl sites for hydroxylation is 1. The van der Waals surface area contributed by atoms with Crippen molar-refractivity contribution < 1.29 is 4.79 Å². The second kappa shape index (κ2) is 18.0. The monoisotopic (exact) mass is 471 g/mol. The third-order valence-electron chi connectivity index (χ3n) is 6.51. The number of carbonyl (C=O) groups excluding carboxylic acids is 1. The molecule has 1 aromatic rings. The zero-order chi connectivity index (χ0) is 25.2. The van der Waals surface area contributed by atoms with Crippen LogP contribution in [0.3, 0.4) is 0 Å². The van der Waals surface area contributed by atoms with Gasteiger partial charge in [0.15, 0.2) is 5.96 Å². The van der Waals surface area contributed by atoms with E-state index in [2.05, 4.69) is 11.9 Å². The number of benzene rings is 1. The summed E-state index contributed by atoms with van der Waals surface area (Å²) in [5.41, 5.74) is 13.6. The number of amides is 1. The van der Waals surface area contributed by atoms with Crippen molar-refractivity contribution in [3.8, 4) is 0 Å². The van der Waals surface area contributed by atoms with E-state index in [1.54, 1.807) is 0 Å². The van der Waals surface area contributed by atoms with E-state index >= 15 is 0 Å². The van der Waals surface area contributed by atoms with Gasteiger partial charge in [0.05, 0.1) is 5.69 Å². The molecular formula is C28H49N5O. The van der Waals surface area contributed by atoms with Gasteiger partial charge < -0.3 is 11.5 Å². The number of hydrogen-bond donors (Lipinski definition) is 3. The molecule has 0 aliphatic carbocycles. The van der Waals surface area contributed by atoms with Crippen LogP contribution in [0, 0.1) is 19.3 Å². The van der Waals surface area contributed by atoms with E-state index in [-0.39, 0.29) is 17.8 Å². The van der Waals surface area contributed by atoms with Gasteiger partial charge in [-0.05, 0) is 37.5 Å². The number of nitrogens with zero attached hydrogens (tertiary/aromatic N) is 2. The standard InChI is InChI=1S/C28H49N5O/c1-4-5-6-7-8-9-10-11-12-13-14-15-16-17-18-22-26(34)33(28(31)32-27(29)30)25-21-19-20-23(2)24(25)3/h19-21H,4-18,22H2,1-3H3,(H5,29,30,31,32). The molecule has 0 saturated carbocycles. The molecule has 0 aliphatic heterocycles. The van der Waals surface area contributed by atoms with Gasteiger partial charge in [-0.2, -0.15) is 4.99 Å². The van der Waals surface area contributed by atoms with E-state index in [1.807, 2.05) is 32.0 Å². The molecule has 6 heteroatoms. The molecule has 0 atom stereocenters. The van der Waals surface area contributed by atoms with Crippen LogP contribution in [0.1, 0.15) is 121 Å². The fraction of sp³-hybridized carbons (Fsp3) is 0.679. The largest absolute Gasteiger partial charge is 0.370 e. The predicted octanol–water partition coefficient (Wildman–Crippen LogP) is 7.11. The lowest BCUT2D eigenvalue weighted by atomic mass is 10.0. The molecule has 0 bridgehead atoms. The predicted molar refractivity (Wildman–Crippen MR) is 146 cm³/mol. The van der Waals surface area contributed by atoms with Crippen molar-refractivity contribution in [1.82, 2.24) is 0 Å². The average Bonchev–Trinajstić information content (AvgIpc) is 2.79. The van der Waals surface area contributed by atoms with Crippen LogP contribution in [0.2, 0.25) is 0 Å². The summed E-state index contributed by atoms with van der Waals surface area (Å²) in [6, 6.07) is 5.71. The highest BCUT2D eigenvalue weighted by Crippen LogP contribution is 2.25. The van der Waals surface area contributed by atoms with E-state index in [1.165, 1.54) is 81.9 Å². The van der Waals surface area contributed by atoms with Gasteiger partial charge in [-0.25, -0.2) is 4.90 Å². The fourth-order valence-electron chi connectivity index (χ4n) is 4.28. The number of nitrogens with one attached hydrogen (secondary N) is 1. The Hall–Kier alpha value is -2.37. The maximum absolute atomic E-state index is 13.0. The molecule has 1 aromatic carbocycles. The smallest absolute Gasteiger partial charge is 0.233 e. The van der Waals surface area contributed by atoms with Gasteiger partial charge in [0, 0.05) is 6.42 Å². The Labute approximate surface area is 208 Å². The van der Waals surface area contributed by atoms with Gasteiger partial charge in [0.1, 0.15) is 0 Å². The van der Waals surface area contributed by atoms with Crippen LogP contribution in [0.5, 0.6) is 0 Å². The first-order valence-corrected chi connectivity index (χ1v) is 13.5. The molecule has 0 aliphatic rings. The molecule has 0 heterocycles. The normalized spacial score (nSPS) is 10.8. The van der Waals surface area contributed by atoms with Gasteiger partial charge >= 0.3 is 0 Å². The average molecular weight is 472 g/mol. The van der Waals surface area contributed by atoms with Crippen molar-refractivity contribution in [2.24, 2.45) is 16.5 Å². The molecule has 5 N–H and O–H groups in total. The lowest BCUT2D eigenvalue weighted by Crippen LogP contribution is -2.38. The number of anilines is 1. The minimum Gasteiger partial charge on any atom is -0.370 e. The first-order chi connectivity index (χ1) is 16.4. The molecule has 0 fully saturated rings. The topological polar surface area (TPSA) is 109 Å². The van der Waals surface area contributed by atoms with E-state index in [0.717, 1.165) is 30.4 Å². The van der Waals surface area contributed by atoms with Crippen molar-refractivity contribution in [3.05, 3.63) is 29.3 Å². The summed E-state index contributed by atoms with van der Waals surface area (Å²) in [6.07, 6.45) is 19.7. The van der Waals surface area contributed by atoms with Crippen molar-refractivity contribution >= 4 is 23.5 Å². The van der Waals surface area contributed by atoms with Crippen LogP contribution in [0.15, 0.2) is 23.2 Å². The Kier molecular flexibility index (Phi) is 15.7. The highest BCUT2D eigenvalue weighted by Gasteiger charge is 2.22. The van der Waals surface area contributed by atoms with Crippen LogP contribution in [-0.4, -0.2) is 17.8 Å². The Morgan fingerprint density at radius 2 is 1.29 bits per heavy atom. The number of unbranched alkanes of at least 4 members (excludes halogenated alkanes) is 14. The first-order valence-electron chi connectivity index (χ1n) is 13.5. The number of aliphatic imine (C=N–C) groups is 1. The van der Waals surface area contributed by atoms with E-state index in [0.29, 0.717) is 12.1 Å². The summed E-state index contributed by atoms with van der Waals surface area (Å²) in [5, 5.41) is 8.26. The van der Waals surface area contributed by atoms with Gasteiger partial charge in [-0.3, -0.25) is 10.2 Å². The molecular weight excluding hydrogens is 422 g/mol. The zero-order valence-electron chi connectivity index (χ0n) is 22.0. The summed E-state index contributed by atoms with van der Waals surface area (Å²) < 4.78 is 0. The third-order valence-corrected chi connectivity index (χ3v) is 6.51. The second-order valence-electron chi connectivity index (χ2n) is 9.51. The Balaban J connectivity index is 2.27. The number of nitrogens with two attached hydrogens (primary N) is 2. The highest BCUT2D eigenvalue weighted by atomic mass is 16.2. The van der Waals surface area contributed by atoms with Crippen LogP contribution < -0.4 is 16.4 Å². The Bertz CT molecular complexity index is 755. The molecule has 0 radical (unpaired) electrons. The highest BCUT2D eigenvalue weighted by molar-refractivity contribution is 6.17. The van der Waals surface area contributed by atoms with Crippen LogP contribution in [-0.2, 0) is 4.79 Å². The minimum atomic E-state index is -0.236. The van der Waals surface area contributed by atoms with Crippen molar-refractivity contribution in [2.75, 3.05) is 4.90 Å². The fourth-order valence-corrected chi connectivity index (χ4v) is 4.28. The van der Waals surface area contributed by atoms with Gasteiger partial charge in [-0.1, -0.05) is 109 Å². The molecule has 0 aromatic heterocycles. The summed E-state index contributed by atoms with van der Waals surface area (Å²) in [7, 11) is 0. The lowest BCUT2D eigenvalue weighted by molar-refractivity contribution is -0.117.